The third kappa shape index (κ3) is 5.20. The number of benzene rings is 2. The van der Waals surface area contributed by atoms with E-state index in [0.717, 1.165) is 33.1 Å². The number of carboxylic acid groups (broad SMARTS) is 1. The number of nitrogens with zero attached hydrogens (tertiary/aromatic N) is 6. The van der Waals surface area contributed by atoms with E-state index in [1.165, 1.54) is 11.3 Å². The van der Waals surface area contributed by atoms with Gasteiger partial charge in [-0.2, -0.15) is 0 Å². The smallest absolute Gasteiger partial charge is 0.357 e. The summed E-state index contributed by atoms with van der Waals surface area (Å²) in [5.74, 6) is 0.915. The molecule has 0 radical (unpaired) electrons. The Bertz CT molecular complexity index is 1610. The van der Waals surface area contributed by atoms with Crippen LogP contribution in [0, 0.1) is 6.92 Å². The number of anilines is 5. The molecule has 1 atom stereocenters. The van der Waals surface area contributed by atoms with Gasteiger partial charge in [-0.05, 0) is 42.8 Å². The lowest BCUT2D eigenvalue weighted by molar-refractivity contribution is 0.0692. The number of fused-ring (bicyclic) bond motifs is 1. The highest BCUT2D eigenvalue weighted by Crippen LogP contribution is 2.38. The minimum Gasteiger partial charge on any atom is -0.489 e. The van der Waals surface area contributed by atoms with Crippen molar-refractivity contribution in [2.24, 2.45) is 0 Å². The Morgan fingerprint density at radius 2 is 1.90 bits per heavy atom. The third-order valence-electron chi connectivity index (χ3n) is 6.40. The maximum absolute atomic E-state index is 12.1. The molecule has 1 fully saturated rings. The fourth-order valence-corrected chi connectivity index (χ4v) is 6.31. The Balaban J connectivity index is 1.19. The second kappa shape index (κ2) is 10.5. The molecule has 6 rings (SSSR count). The van der Waals surface area contributed by atoms with Crippen molar-refractivity contribution >= 4 is 65.8 Å². The van der Waals surface area contributed by atoms with Crippen LogP contribution in [0.25, 0.3) is 10.2 Å². The molecular formula is C27H25N7O3S2. The summed E-state index contributed by atoms with van der Waals surface area (Å²) in [5, 5.41) is 23.8. The Morgan fingerprint density at radius 3 is 2.67 bits per heavy atom. The first-order valence-corrected chi connectivity index (χ1v) is 14.0. The largest absolute Gasteiger partial charge is 0.489 e. The highest BCUT2D eigenvalue weighted by Gasteiger charge is 2.31. The second-order valence-corrected chi connectivity index (χ2v) is 11.1. The van der Waals surface area contributed by atoms with Gasteiger partial charge in [0.25, 0.3) is 0 Å². The van der Waals surface area contributed by atoms with Crippen molar-refractivity contribution < 1.29 is 14.6 Å². The second-order valence-electron chi connectivity index (χ2n) is 9.15. The first kappa shape index (κ1) is 25.0. The zero-order valence-corrected chi connectivity index (χ0v) is 22.9. The fourth-order valence-electron chi connectivity index (χ4n) is 4.38. The number of hydrogen-bond donors (Lipinski definition) is 2. The number of para-hydroxylation sites is 2. The highest BCUT2D eigenvalue weighted by molar-refractivity contribution is 7.22. The normalized spacial score (nSPS) is 15.0. The van der Waals surface area contributed by atoms with Crippen LogP contribution < -0.4 is 19.9 Å². The van der Waals surface area contributed by atoms with Crippen molar-refractivity contribution in [1.29, 1.82) is 0 Å². The molecule has 1 aliphatic rings. The van der Waals surface area contributed by atoms with Crippen LogP contribution in [0.1, 0.15) is 22.5 Å². The summed E-state index contributed by atoms with van der Waals surface area (Å²) in [7, 11) is 1.81. The van der Waals surface area contributed by atoms with Crippen LogP contribution in [-0.4, -0.2) is 57.5 Å². The van der Waals surface area contributed by atoms with Gasteiger partial charge in [0, 0.05) is 20.0 Å². The topological polar surface area (TPSA) is 117 Å². The molecule has 198 valence electrons. The number of aromatic nitrogens is 4. The van der Waals surface area contributed by atoms with E-state index in [1.807, 2.05) is 79.5 Å². The van der Waals surface area contributed by atoms with Crippen LogP contribution in [0.3, 0.4) is 0 Å². The first-order chi connectivity index (χ1) is 18.9. The van der Waals surface area contributed by atoms with Gasteiger partial charge >= 0.3 is 5.97 Å². The Hall–Kier alpha value is -4.29. The molecule has 2 N–H and O–H groups in total. The number of nitrogens with one attached hydrogen (secondary N) is 1. The molecule has 1 saturated heterocycles. The zero-order valence-electron chi connectivity index (χ0n) is 21.2. The first-order valence-electron chi connectivity index (χ1n) is 12.4. The average Bonchev–Trinajstić information content (AvgIpc) is 3.68. The number of carboxylic acids is 1. The fraction of sp³-hybridized carbons (Fsp3) is 0.222. The number of ether oxygens (including phenoxy) is 1. The number of carbonyl (C=O) groups is 1. The molecule has 3 aromatic heterocycles. The predicted molar refractivity (Wildman–Crippen MR) is 154 cm³/mol. The van der Waals surface area contributed by atoms with E-state index in [2.05, 4.69) is 25.5 Å². The van der Waals surface area contributed by atoms with Gasteiger partial charge in [-0.1, -0.05) is 53.0 Å². The van der Waals surface area contributed by atoms with Crippen LogP contribution in [0.4, 0.5) is 26.9 Å². The van der Waals surface area contributed by atoms with E-state index in [1.54, 1.807) is 16.2 Å². The van der Waals surface area contributed by atoms with Gasteiger partial charge in [-0.25, -0.2) is 14.8 Å². The SMILES string of the molecule is Cc1cc(N(C)c2nc(C(=O)O)c(N3CC[C@@H](Oc4ccccc4)C3)s2)nnc1Nc1nc2ccccc2s1. The molecule has 12 heteroatoms. The summed E-state index contributed by atoms with van der Waals surface area (Å²) < 4.78 is 7.18. The number of aromatic carboxylic acids is 1. The van der Waals surface area contributed by atoms with Crippen LogP contribution in [0.5, 0.6) is 5.75 Å². The lowest BCUT2D eigenvalue weighted by atomic mass is 10.3. The molecule has 10 nitrogen and oxygen atoms in total. The summed E-state index contributed by atoms with van der Waals surface area (Å²) in [5.41, 5.74) is 1.83. The zero-order chi connectivity index (χ0) is 26.9. The van der Waals surface area contributed by atoms with Gasteiger partial charge in [0.05, 0.1) is 16.8 Å². The van der Waals surface area contributed by atoms with Gasteiger partial charge in [-0.15, -0.1) is 10.2 Å². The molecule has 0 spiro atoms. The van der Waals surface area contributed by atoms with Crippen LogP contribution in [0.15, 0.2) is 60.7 Å². The van der Waals surface area contributed by atoms with Crippen LogP contribution >= 0.6 is 22.7 Å². The lowest BCUT2D eigenvalue weighted by Crippen LogP contribution is -2.25. The van der Waals surface area contributed by atoms with Crippen molar-refractivity contribution in [3.05, 3.63) is 71.9 Å². The van der Waals surface area contributed by atoms with Crippen molar-refractivity contribution in [2.45, 2.75) is 19.4 Å². The molecule has 1 aliphatic heterocycles. The molecule has 4 heterocycles. The Kier molecular flexibility index (Phi) is 6.71. The van der Waals surface area contributed by atoms with Crippen molar-refractivity contribution in [1.82, 2.24) is 20.2 Å². The molecule has 0 unspecified atom stereocenters. The molecule has 5 aromatic rings. The van der Waals surface area contributed by atoms with E-state index in [9.17, 15) is 9.90 Å². The molecule has 0 amide bonds. The van der Waals surface area contributed by atoms with Crippen LogP contribution in [-0.2, 0) is 0 Å². The van der Waals surface area contributed by atoms with Gasteiger partial charge in [0.2, 0.25) is 0 Å². The number of rotatable bonds is 8. The quantitative estimate of drug-likeness (QED) is 0.244. The van der Waals surface area contributed by atoms with Crippen molar-refractivity contribution in [3.63, 3.8) is 0 Å². The molecule has 2 aromatic carbocycles. The Morgan fingerprint density at radius 1 is 1.10 bits per heavy atom. The van der Waals surface area contributed by atoms with E-state index in [-0.39, 0.29) is 11.8 Å². The minimum absolute atomic E-state index is 0.0266. The maximum atomic E-state index is 12.1. The summed E-state index contributed by atoms with van der Waals surface area (Å²) in [6.07, 6.45) is 0.770. The standard InChI is InChI=1S/C27H25N7O3S2/c1-16-14-21(31-32-23(16)30-26-28-19-10-6-7-11-20(19)38-26)33(2)27-29-22(25(35)36)24(39-27)34-13-12-18(15-34)37-17-8-4-3-5-9-17/h3-11,14,18H,12-13,15H2,1-2H3,(H,35,36)(H,28,30,32)/t18-/m1/s1. The summed E-state index contributed by atoms with van der Waals surface area (Å²) in [6, 6.07) is 19.5. The van der Waals surface area contributed by atoms with E-state index < -0.39 is 5.97 Å². The van der Waals surface area contributed by atoms with Crippen LogP contribution in [0.2, 0.25) is 0 Å². The molecule has 0 bridgehead atoms. The molecule has 0 saturated carbocycles. The number of hydrogen-bond acceptors (Lipinski definition) is 11. The summed E-state index contributed by atoms with van der Waals surface area (Å²) >= 11 is 2.87. The van der Waals surface area contributed by atoms with Gasteiger partial charge in [0.1, 0.15) is 16.9 Å². The van der Waals surface area contributed by atoms with Crippen molar-refractivity contribution in [3.8, 4) is 5.75 Å². The summed E-state index contributed by atoms with van der Waals surface area (Å²) in [6.45, 7) is 3.22. The lowest BCUT2D eigenvalue weighted by Gasteiger charge is -2.18. The van der Waals surface area contributed by atoms with E-state index in [0.29, 0.717) is 34.9 Å². The minimum atomic E-state index is -1.06. The van der Waals surface area contributed by atoms with E-state index in [4.69, 9.17) is 4.74 Å². The molecule has 0 aliphatic carbocycles. The Labute approximate surface area is 232 Å². The van der Waals surface area contributed by atoms with Crippen molar-refractivity contribution in [2.75, 3.05) is 35.3 Å². The highest BCUT2D eigenvalue weighted by atomic mass is 32.1. The monoisotopic (exact) mass is 559 g/mol. The third-order valence-corrected chi connectivity index (χ3v) is 8.54. The number of aryl methyl sites for hydroxylation is 1. The average molecular weight is 560 g/mol. The molecular weight excluding hydrogens is 534 g/mol. The van der Waals surface area contributed by atoms with Gasteiger partial charge in [-0.3, -0.25) is 0 Å². The van der Waals surface area contributed by atoms with E-state index >= 15 is 0 Å². The number of thiazole rings is 2. The maximum Gasteiger partial charge on any atom is 0.357 e. The predicted octanol–water partition coefficient (Wildman–Crippen LogP) is 5.72. The van der Waals surface area contributed by atoms with Gasteiger partial charge < -0.3 is 25.0 Å². The summed E-state index contributed by atoms with van der Waals surface area (Å²) in [4.78, 5) is 24.9. The molecule has 39 heavy (non-hydrogen) atoms. The van der Waals surface area contributed by atoms with Gasteiger partial charge in [0.15, 0.2) is 27.6 Å².